The van der Waals surface area contributed by atoms with E-state index in [1.807, 2.05) is 0 Å². The van der Waals surface area contributed by atoms with Gasteiger partial charge in [-0.1, -0.05) is 6.92 Å². The third-order valence-corrected chi connectivity index (χ3v) is 3.52. The number of rotatable bonds is 2. The fourth-order valence-electron chi connectivity index (χ4n) is 2.47. The van der Waals surface area contributed by atoms with E-state index in [1.54, 1.807) is 0 Å². The average Bonchev–Trinajstić information content (AvgIpc) is 2.62. The maximum Gasteiger partial charge on any atom is 0.0195 e. The van der Waals surface area contributed by atoms with Crippen molar-refractivity contribution in [1.29, 1.82) is 0 Å². The summed E-state index contributed by atoms with van der Waals surface area (Å²) in [6.45, 7) is 7.59. The zero-order valence-electron chi connectivity index (χ0n) is 9.58. The van der Waals surface area contributed by atoms with Crippen LogP contribution in [-0.4, -0.2) is 37.1 Å². The molecule has 2 rings (SSSR count). The molecule has 0 spiro atoms. The summed E-state index contributed by atoms with van der Waals surface area (Å²) < 4.78 is 0. The number of hydrogen-bond acceptors (Lipinski definition) is 2. The van der Waals surface area contributed by atoms with Gasteiger partial charge in [0.15, 0.2) is 0 Å². The summed E-state index contributed by atoms with van der Waals surface area (Å²) in [5.41, 5.74) is 0. The van der Waals surface area contributed by atoms with E-state index in [2.05, 4.69) is 17.1 Å². The van der Waals surface area contributed by atoms with Crippen molar-refractivity contribution < 1.29 is 0 Å². The minimum atomic E-state index is 0. The van der Waals surface area contributed by atoms with Crippen LogP contribution < -0.4 is 5.32 Å². The van der Waals surface area contributed by atoms with E-state index in [-0.39, 0.29) is 24.8 Å². The molecule has 0 bridgehead atoms. The van der Waals surface area contributed by atoms with E-state index in [9.17, 15) is 0 Å². The van der Waals surface area contributed by atoms with Gasteiger partial charge in [0.2, 0.25) is 0 Å². The molecule has 2 fully saturated rings. The van der Waals surface area contributed by atoms with Crippen LogP contribution in [-0.2, 0) is 0 Å². The molecule has 1 N–H and O–H groups in total. The van der Waals surface area contributed by atoms with Gasteiger partial charge in [0.25, 0.3) is 0 Å². The van der Waals surface area contributed by atoms with Crippen molar-refractivity contribution in [2.45, 2.75) is 38.6 Å². The highest BCUT2D eigenvalue weighted by atomic mass is 35.5. The van der Waals surface area contributed by atoms with Crippen LogP contribution in [0.15, 0.2) is 0 Å². The Morgan fingerprint density at radius 2 is 1.80 bits per heavy atom. The molecule has 1 unspecified atom stereocenters. The van der Waals surface area contributed by atoms with Gasteiger partial charge in [-0.3, -0.25) is 0 Å². The molecular weight excluding hydrogens is 231 g/mol. The summed E-state index contributed by atoms with van der Waals surface area (Å²) in [7, 11) is 0. The second-order valence-electron chi connectivity index (χ2n) is 4.78. The summed E-state index contributed by atoms with van der Waals surface area (Å²) in [5, 5.41) is 3.57. The van der Waals surface area contributed by atoms with Crippen LogP contribution in [0.3, 0.4) is 0 Å². The molecule has 1 atom stereocenters. The van der Waals surface area contributed by atoms with E-state index in [0.29, 0.717) is 0 Å². The lowest BCUT2D eigenvalue weighted by Gasteiger charge is -2.32. The molecule has 0 aromatic carbocycles. The van der Waals surface area contributed by atoms with Gasteiger partial charge in [0, 0.05) is 12.6 Å². The lowest BCUT2D eigenvalue weighted by atomic mass is 9.99. The van der Waals surface area contributed by atoms with Gasteiger partial charge in [-0.25, -0.2) is 0 Å². The lowest BCUT2D eigenvalue weighted by molar-refractivity contribution is 0.179. The first-order valence-corrected chi connectivity index (χ1v) is 5.80. The molecule has 2 nitrogen and oxygen atoms in total. The Hall–Kier alpha value is 0.500. The molecule has 15 heavy (non-hydrogen) atoms. The number of halogens is 2. The highest BCUT2D eigenvalue weighted by Crippen LogP contribution is 2.17. The first-order valence-electron chi connectivity index (χ1n) is 5.80. The van der Waals surface area contributed by atoms with Crippen molar-refractivity contribution in [2.75, 3.05) is 26.2 Å². The Balaban J connectivity index is 0.000000980. The van der Waals surface area contributed by atoms with E-state index < -0.39 is 0 Å². The molecule has 0 aromatic heterocycles. The van der Waals surface area contributed by atoms with Crippen LogP contribution in [0, 0.1) is 5.92 Å². The summed E-state index contributed by atoms with van der Waals surface area (Å²) in [6, 6.07) is 0.799. The van der Waals surface area contributed by atoms with Crippen molar-refractivity contribution in [3.8, 4) is 0 Å². The highest BCUT2D eigenvalue weighted by Gasteiger charge is 2.20. The zero-order valence-corrected chi connectivity index (χ0v) is 11.2. The van der Waals surface area contributed by atoms with Gasteiger partial charge in [-0.15, -0.1) is 24.8 Å². The molecule has 0 amide bonds. The van der Waals surface area contributed by atoms with Gasteiger partial charge in [0.05, 0.1) is 0 Å². The van der Waals surface area contributed by atoms with Gasteiger partial charge in [-0.2, -0.15) is 0 Å². The highest BCUT2D eigenvalue weighted by molar-refractivity contribution is 5.85. The van der Waals surface area contributed by atoms with Crippen LogP contribution in [0.1, 0.15) is 32.6 Å². The Morgan fingerprint density at radius 1 is 1.13 bits per heavy atom. The van der Waals surface area contributed by atoms with Crippen molar-refractivity contribution in [3.63, 3.8) is 0 Å². The standard InChI is InChI=1S/C11H22N2.2ClH/c1-10-4-7-13(8-5-10)9-11-3-2-6-12-11;;/h10-12H,2-9H2,1H3;2*1H. The molecule has 0 aromatic rings. The van der Waals surface area contributed by atoms with Crippen LogP contribution >= 0.6 is 24.8 Å². The fraction of sp³-hybridized carbons (Fsp3) is 1.00. The smallest absolute Gasteiger partial charge is 0.0195 e. The SMILES string of the molecule is CC1CCN(CC2CCCN2)CC1.Cl.Cl. The maximum atomic E-state index is 3.57. The zero-order chi connectivity index (χ0) is 9.10. The summed E-state index contributed by atoms with van der Waals surface area (Å²) in [5.74, 6) is 0.966. The topological polar surface area (TPSA) is 15.3 Å². The van der Waals surface area contributed by atoms with Gasteiger partial charge in [0.1, 0.15) is 0 Å². The van der Waals surface area contributed by atoms with E-state index in [0.717, 1.165) is 12.0 Å². The number of likely N-dealkylation sites (tertiary alicyclic amines) is 1. The molecule has 92 valence electrons. The summed E-state index contributed by atoms with van der Waals surface area (Å²) in [6.07, 6.45) is 5.60. The van der Waals surface area contributed by atoms with Crippen molar-refractivity contribution in [1.82, 2.24) is 10.2 Å². The minimum Gasteiger partial charge on any atom is -0.313 e. The summed E-state index contributed by atoms with van der Waals surface area (Å²) in [4.78, 5) is 2.64. The monoisotopic (exact) mass is 254 g/mol. The Kier molecular flexibility index (Phi) is 7.98. The molecule has 0 radical (unpaired) electrons. The van der Waals surface area contributed by atoms with Crippen LogP contribution in [0.2, 0.25) is 0 Å². The predicted molar refractivity (Wildman–Crippen MR) is 70.4 cm³/mol. The second-order valence-corrected chi connectivity index (χ2v) is 4.78. The Morgan fingerprint density at radius 3 is 2.33 bits per heavy atom. The molecule has 4 heteroatoms. The molecule has 2 saturated heterocycles. The first-order chi connectivity index (χ1) is 6.34. The molecule has 2 aliphatic rings. The average molecular weight is 255 g/mol. The third kappa shape index (κ3) is 4.90. The van der Waals surface area contributed by atoms with E-state index in [1.165, 1.54) is 51.9 Å². The molecule has 2 heterocycles. The first kappa shape index (κ1) is 15.5. The Bertz CT molecular complexity index is 153. The van der Waals surface area contributed by atoms with E-state index in [4.69, 9.17) is 0 Å². The predicted octanol–water partition coefficient (Wildman–Crippen LogP) is 2.31. The number of piperidine rings is 1. The molecule has 0 aliphatic carbocycles. The summed E-state index contributed by atoms with van der Waals surface area (Å²) >= 11 is 0. The Labute approximate surface area is 106 Å². The second kappa shape index (κ2) is 7.72. The van der Waals surface area contributed by atoms with Crippen LogP contribution in [0.4, 0.5) is 0 Å². The van der Waals surface area contributed by atoms with Gasteiger partial charge < -0.3 is 10.2 Å². The van der Waals surface area contributed by atoms with Crippen molar-refractivity contribution >= 4 is 24.8 Å². The van der Waals surface area contributed by atoms with Crippen LogP contribution in [0.5, 0.6) is 0 Å². The van der Waals surface area contributed by atoms with Gasteiger partial charge >= 0.3 is 0 Å². The molecule has 0 saturated carbocycles. The largest absolute Gasteiger partial charge is 0.313 e. The third-order valence-electron chi connectivity index (χ3n) is 3.52. The van der Waals surface area contributed by atoms with Crippen LogP contribution in [0.25, 0.3) is 0 Å². The fourth-order valence-corrected chi connectivity index (χ4v) is 2.47. The van der Waals surface area contributed by atoms with E-state index >= 15 is 0 Å². The lowest BCUT2D eigenvalue weighted by Crippen LogP contribution is -2.41. The van der Waals surface area contributed by atoms with Crippen molar-refractivity contribution in [2.24, 2.45) is 5.92 Å². The molecular formula is C11H24Cl2N2. The minimum absolute atomic E-state index is 0. The molecule has 2 aliphatic heterocycles. The van der Waals surface area contributed by atoms with Gasteiger partial charge in [-0.05, 0) is 51.2 Å². The van der Waals surface area contributed by atoms with Crippen molar-refractivity contribution in [3.05, 3.63) is 0 Å². The number of nitrogens with zero attached hydrogens (tertiary/aromatic N) is 1. The number of hydrogen-bond donors (Lipinski definition) is 1. The quantitative estimate of drug-likeness (QED) is 0.814. The normalized spacial score (nSPS) is 28.2. The number of nitrogens with one attached hydrogen (secondary N) is 1. The maximum absolute atomic E-state index is 3.57.